The Kier molecular flexibility index (Phi) is 6.58. The van der Waals surface area contributed by atoms with E-state index in [2.05, 4.69) is 68.4 Å². The Morgan fingerprint density at radius 2 is 1.54 bits per heavy atom. The third-order valence-electron chi connectivity index (χ3n) is 9.68. The summed E-state index contributed by atoms with van der Waals surface area (Å²) < 4.78 is 13.6. The van der Waals surface area contributed by atoms with E-state index in [1.807, 2.05) is 50.8 Å². The van der Waals surface area contributed by atoms with E-state index in [1.165, 1.54) is 21.9 Å². The van der Waals surface area contributed by atoms with E-state index < -0.39 is 6.10 Å². The Morgan fingerprint density at radius 3 is 2.21 bits per heavy atom. The highest BCUT2D eigenvalue weighted by molar-refractivity contribution is 5.83. The first-order valence-corrected chi connectivity index (χ1v) is 14.6. The summed E-state index contributed by atoms with van der Waals surface area (Å²) in [7, 11) is 0. The van der Waals surface area contributed by atoms with Gasteiger partial charge in [-0.2, -0.15) is 0 Å². The molecule has 4 aliphatic rings. The number of hydrogen-bond acceptors (Lipinski definition) is 3. The van der Waals surface area contributed by atoms with Crippen molar-refractivity contribution in [2.24, 2.45) is 23.2 Å². The van der Waals surface area contributed by atoms with Crippen LogP contribution in [-0.4, -0.2) is 23.1 Å². The molecule has 3 fully saturated rings. The molecule has 3 saturated carbocycles. The number of carbonyl (C=O) groups excluding carboxylic acids is 1. The van der Waals surface area contributed by atoms with Gasteiger partial charge in [-0.15, -0.1) is 0 Å². The molecule has 1 aliphatic heterocycles. The molecule has 4 heteroatoms. The molecule has 3 aromatic carbocycles. The van der Waals surface area contributed by atoms with Crippen LogP contribution in [0.5, 0.6) is 0 Å². The fourth-order valence-electron chi connectivity index (χ4n) is 7.56. The number of nitrogens with zero attached hydrogens (tertiary/aromatic N) is 1. The van der Waals surface area contributed by atoms with Crippen molar-refractivity contribution in [3.05, 3.63) is 95.3 Å². The van der Waals surface area contributed by atoms with Gasteiger partial charge in [-0.3, -0.25) is 0 Å². The molecule has 4 nitrogen and oxygen atoms in total. The van der Waals surface area contributed by atoms with Crippen molar-refractivity contribution in [2.75, 3.05) is 0 Å². The monoisotopic (exact) mass is 523 g/mol. The van der Waals surface area contributed by atoms with Crippen molar-refractivity contribution in [3.8, 4) is 0 Å². The highest BCUT2D eigenvalue weighted by Crippen LogP contribution is 2.68. The number of amides is 1. The van der Waals surface area contributed by atoms with Crippen molar-refractivity contribution in [1.29, 1.82) is 0 Å². The molecular formula is C35H41NO3. The number of carbonyl (C=O) groups is 1. The topological polar surface area (TPSA) is 38.8 Å². The first-order chi connectivity index (χ1) is 18.7. The maximum Gasteiger partial charge on any atom is 0.415 e. The zero-order valence-corrected chi connectivity index (χ0v) is 24.1. The largest absolute Gasteiger partial charge is 0.415 e. The molecule has 0 spiro atoms. The molecule has 3 aliphatic carbocycles. The number of rotatable bonds is 5. The molecule has 0 aromatic heterocycles. The third-order valence-corrected chi connectivity index (χ3v) is 9.68. The summed E-state index contributed by atoms with van der Waals surface area (Å²) in [6, 6.07) is 25.6. The average molecular weight is 524 g/mol. The van der Waals surface area contributed by atoms with Gasteiger partial charge >= 0.3 is 6.09 Å². The molecule has 0 unspecified atom stereocenters. The standard InChI is InChI=1S/C35H41NO3/c1-21(2)36(22(3)4)34(37)39-33-30-28(19-27-20-29(30)35(27,5)6)31(38-32(33)24-13-8-7-9-14-24)26-17-16-23-12-10-11-15-25(23)18-26/h7-18,21-22,27-29,31-32H,19-20H2,1-6H3/t27-,28-,29-,31+,32-/m0/s1. The smallest absolute Gasteiger partial charge is 0.412 e. The molecule has 204 valence electrons. The summed E-state index contributed by atoms with van der Waals surface area (Å²) in [5.74, 6) is 1.96. The van der Waals surface area contributed by atoms with Gasteiger partial charge in [0.1, 0.15) is 11.9 Å². The quantitative estimate of drug-likeness (QED) is 0.335. The summed E-state index contributed by atoms with van der Waals surface area (Å²) in [5.41, 5.74) is 3.72. The van der Waals surface area contributed by atoms with E-state index in [9.17, 15) is 4.79 Å². The fraction of sp³-hybridized carbons (Fsp3) is 0.457. The van der Waals surface area contributed by atoms with Crippen molar-refractivity contribution in [1.82, 2.24) is 4.90 Å². The van der Waals surface area contributed by atoms with Gasteiger partial charge in [-0.05, 0) is 91.3 Å². The molecule has 2 bridgehead atoms. The number of ether oxygens (including phenoxy) is 2. The van der Waals surface area contributed by atoms with Crippen molar-refractivity contribution in [2.45, 2.75) is 78.7 Å². The molecule has 0 radical (unpaired) electrons. The van der Waals surface area contributed by atoms with Gasteiger partial charge in [-0.1, -0.05) is 80.6 Å². The maximum absolute atomic E-state index is 13.7. The van der Waals surface area contributed by atoms with Crippen LogP contribution in [-0.2, 0) is 9.47 Å². The minimum atomic E-state index is -0.438. The van der Waals surface area contributed by atoms with Crippen LogP contribution in [0.3, 0.4) is 0 Å². The highest BCUT2D eigenvalue weighted by atomic mass is 16.6. The summed E-state index contributed by atoms with van der Waals surface area (Å²) in [5, 5.41) is 2.46. The number of benzene rings is 3. The number of fused-ring (bicyclic) bond motifs is 1. The van der Waals surface area contributed by atoms with Crippen LogP contribution in [0.15, 0.2) is 84.1 Å². The van der Waals surface area contributed by atoms with Crippen molar-refractivity contribution >= 4 is 16.9 Å². The predicted molar refractivity (Wildman–Crippen MR) is 156 cm³/mol. The normalized spacial score (nSPS) is 27.3. The van der Waals surface area contributed by atoms with Crippen molar-refractivity contribution < 1.29 is 14.3 Å². The van der Waals surface area contributed by atoms with Crippen LogP contribution >= 0.6 is 0 Å². The molecule has 3 aromatic rings. The van der Waals surface area contributed by atoms with Crippen LogP contribution in [0.1, 0.15) is 77.7 Å². The molecule has 0 N–H and O–H groups in total. The van der Waals surface area contributed by atoms with Gasteiger partial charge in [0.25, 0.3) is 0 Å². The van der Waals surface area contributed by atoms with E-state index in [-0.39, 0.29) is 35.6 Å². The number of hydrogen-bond donors (Lipinski definition) is 0. The van der Waals surface area contributed by atoms with Gasteiger partial charge in [0, 0.05) is 18.0 Å². The minimum Gasteiger partial charge on any atom is -0.412 e. The highest BCUT2D eigenvalue weighted by Gasteiger charge is 2.60. The maximum atomic E-state index is 13.7. The summed E-state index contributed by atoms with van der Waals surface area (Å²) in [4.78, 5) is 15.6. The van der Waals surface area contributed by atoms with Gasteiger partial charge in [0.15, 0.2) is 0 Å². The third kappa shape index (κ3) is 4.37. The molecule has 5 atom stereocenters. The minimum absolute atomic E-state index is 0.0415. The molecule has 0 saturated heterocycles. The second-order valence-corrected chi connectivity index (χ2v) is 12.9. The van der Waals surface area contributed by atoms with Gasteiger partial charge < -0.3 is 14.4 Å². The molecule has 1 amide bonds. The zero-order chi connectivity index (χ0) is 27.5. The van der Waals surface area contributed by atoms with E-state index in [0.29, 0.717) is 11.8 Å². The summed E-state index contributed by atoms with van der Waals surface area (Å²) in [6.45, 7) is 13.0. The van der Waals surface area contributed by atoms with E-state index >= 15 is 0 Å². The lowest BCUT2D eigenvalue weighted by atomic mass is 9.44. The van der Waals surface area contributed by atoms with Crippen molar-refractivity contribution in [3.63, 3.8) is 0 Å². The SMILES string of the molecule is CC(C)N(C(=O)OC1=C2[C@H](C[C@H]3C[C@@H]2C3(C)C)[C@@H](c2ccc3ccccc3c2)O[C@H]1c1ccccc1)C(C)C. The average Bonchev–Trinajstić information content (AvgIpc) is 2.92. The lowest BCUT2D eigenvalue weighted by Crippen LogP contribution is -2.55. The lowest BCUT2D eigenvalue weighted by molar-refractivity contribution is -0.129. The summed E-state index contributed by atoms with van der Waals surface area (Å²) >= 11 is 0. The van der Waals surface area contributed by atoms with Gasteiger partial charge in [0.2, 0.25) is 0 Å². The Balaban J connectivity index is 1.50. The second-order valence-electron chi connectivity index (χ2n) is 12.9. The molecule has 7 rings (SSSR count). The van der Waals surface area contributed by atoms with E-state index in [1.54, 1.807) is 0 Å². The van der Waals surface area contributed by atoms with Gasteiger partial charge in [0.05, 0.1) is 6.10 Å². The molecule has 39 heavy (non-hydrogen) atoms. The lowest BCUT2D eigenvalue weighted by Gasteiger charge is -2.62. The van der Waals surface area contributed by atoms with Crippen LogP contribution in [0, 0.1) is 23.2 Å². The first-order valence-electron chi connectivity index (χ1n) is 14.6. The predicted octanol–water partition coefficient (Wildman–Crippen LogP) is 8.84. The Morgan fingerprint density at radius 1 is 0.872 bits per heavy atom. The molecule has 1 heterocycles. The van der Waals surface area contributed by atoms with Crippen LogP contribution in [0.4, 0.5) is 4.79 Å². The van der Waals surface area contributed by atoms with Gasteiger partial charge in [-0.25, -0.2) is 4.79 Å². The van der Waals surface area contributed by atoms with Crippen LogP contribution < -0.4 is 0 Å². The summed E-state index contributed by atoms with van der Waals surface area (Å²) in [6.07, 6.45) is 1.40. The van der Waals surface area contributed by atoms with E-state index in [0.717, 1.165) is 24.2 Å². The fourth-order valence-corrected chi connectivity index (χ4v) is 7.56. The Labute approximate surface area is 233 Å². The first kappa shape index (κ1) is 26.1. The zero-order valence-electron chi connectivity index (χ0n) is 24.1. The molecular weight excluding hydrogens is 482 g/mol. The van der Waals surface area contributed by atoms with Crippen LogP contribution in [0.2, 0.25) is 0 Å². The van der Waals surface area contributed by atoms with E-state index in [4.69, 9.17) is 9.47 Å². The van der Waals surface area contributed by atoms with Crippen LogP contribution in [0.25, 0.3) is 10.8 Å². The Bertz CT molecular complexity index is 1400. The second kappa shape index (κ2) is 9.82. The Hall–Kier alpha value is -3.11.